The van der Waals surface area contributed by atoms with E-state index in [1.54, 1.807) is 0 Å². The standard InChI is InChI=1S/C21H22N4/c1-23-20-10-6-5-9-18(20)15-11-19-16(12-22)14-25(21(19)24-13-15)17-7-3-2-4-8-17/h5-6,9-11,13-14,17,23H,2-4,7-8H2,1H3. The lowest BCUT2D eigenvalue weighted by atomic mass is 9.95. The zero-order valence-electron chi connectivity index (χ0n) is 14.5. The van der Waals surface area contributed by atoms with E-state index in [1.165, 1.54) is 32.1 Å². The lowest BCUT2D eigenvalue weighted by Crippen LogP contribution is -2.12. The molecule has 1 aromatic carbocycles. The molecule has 0 spiro atoms. The summed E-state index contributed by atoms with van der Waals surface area (Å²) in [4.78, 5) is 4.76. The van der Waals surface area contributed by atoms with E-state index >= 15 is 0 Å². The molecule has 2 aromatic heterocycles. The third-order valence-corrected chi connectivity index (χ3v) is 5.27. The minimum absolute atomic E-state index is 0.473. The van der Waals surface area contributed by atoms with Crippen LogP contribution >= 0.6 is 0 Å². The number of anilines is 1. The first-order chi connectivity index (χ1) is 12.3. The smallest absolute Gasteiger partial charge is 0.141 e. The normalized spacial score (nSPS) is 15.2. The van der Waals surface area contributed by atoms with E-state index < -0.39 is 0 Å². The van der Waals surface area contributed by atoms with Crippen LogP contribution in [0, 0.1) is 11.3 Å². The van der Waals surface area contributed by atoms with Crippen molar-refractivity contribution in [2.45, 2.75) is 38.1 Å². The third-order valence-electron chi connectivity index (χ3n) is 5.27. The van der Waals surface area contributed by atoms with E-state index in [2.05, 4.69) is 34.2 Å². The SMILES string of the molecule is CNc1ccccc1-c1cnc2c(c1)c(C#N)cn2C1CCCCC1. The van der Waals surface area contributed by atoms with Gasteiger partial charge in [-0.2, -0.15) is 5.26 Å². The van der Waals surface area contributed by atoms with Crippen LogP contribution in [0.4, 0.5) is 5.69 Å². The van der Waals surface area contributed by atoms with Gasteiger partial charge >= 0.3 is 0 Å². The molecular weight excluding hydrogens is 308 g/mol. The first-order valence-corrected chi connectivity index (χ1v) is 8.99. The maximum Gasteiger partial charge on any atom is 0.141 e. The molecule has 4 nitrogen and oxygen atoms in total. The number of hydrogen-bond acceptors (Lipinski definition) is 3. The quantitative estimate of drug-likeness (QED) is 0.725. The summed E-state index contributed by atoms with van der Waals surface area (Å²) in [5.74, 6) is 0. The van der Waals surface area contributed by atoms with Gasteiger partial charge in [0.25, 0.3) is 0 Å². The highest BCUT2D eigenvalue weighted by atomic mass is 15.1. The van der Waals surface area contributed by atoms with Gasteiger partial charge in [0.2, 0.25) is 0 Å². The second kappa shape index (κ2) is 6.60. The summed E-state index contributed by atoms with van der Waals surface area (Å²) in [5, 5.41) is 13.8. The third kappa shape index (κ3) is 2.76. The molecule has 0 aliphatic heterocycles. The molecule has 0 amide bonds. The number of fused-ring (bicyclic) bond motifs is 1. The average molecular weight is 330 g/mol. The number of nitrogens with one attached hydrogen (secondary N) is 1. The molecule has 2 heterocycles. The lowest BCUT2D eigenvalue weighted by molar-refractivity contribution is 0.359. The van der Waals surface area contributed by atoms with E-state index in [0.717, 1.165) is 33.4 Å². The molecular formula is C21H22N4. The van der Waals surface area contributed by atoms with Crippen molar-refractivity contribution in [1.29, 1.82) is 5.26 Å². The summed E-state index contributed by atoms with van der Waals surface area (Å²) in [7, 11) is 1.92. The van der Waals surface area contributed by atoms with Crippen LogP contribution in [-0.4, -0.2) is 16.6 Å². The van der Waals surface area contributed by atoms with Crippen molar-refractivity contribution in [1.82, 2.24) is 9.55 Å². The summed E-state index contributed by atoms with van der Waals surface area (Å²) in [6, 6.07) is 13.1. The highest BCUT2D eigenvalue weighted by Gasteiger charge is 2.20. The fourth-order valence-corrected chi connectivity index (χ4v) is 3.96. The van der Waals surface area contributed by atoms with E-state index in [0.29, 0.717) is 6.04 Å². The minimum Gasteiger partial charge on any atom is -0.388 e. The predicted octanol–water partition coefficient (Wildman–Crippen LogP) is 5.12. The Kier molecular flexibility index (Phi) is 4.15. The van der Waals surface area contributed by atoms with Gasteiger partial charge in [-0.3, -0.25) is 0 Å². The van der Waals surface area contributed by atoms with Gasteiger partial charge in [-0.1, -0.05) is 37.5 Å². The van der Waals surface area contributed by atoms with Gasteiger partial charge in [0, 0.05) is 47.7 Å². The molecule has 1 aliphatic carbocycles. The lowest BCUT2D eigenvalue weighted by Gasteiger charge is -2.23. The molecule has 3 aromatic rings. The van der Waals surface area contributed by atoms with Gasteiger partial charge in [-0.15, -0.1) is 0 Å². The van der Waals surface area contributed by atoms with Gasteiger partial charge < -0.3 is 9.88 Å². The number of para-hydroxylation sites is 1. The molecule has 1 aliphatic rings. The van der Waals surface area contributed by atoms with E-state index in [9.17, 15) is 5.26 Å². The number of nitriles is 1. The zero-order valence-corrected chi connectivity index (χ0v) is 14.5. The van der Waals surface area contributed by atoms with E-state index in [-0.39, 0.29) is 0 Å². The molecule has 0 saturated heterocycles. The van der Waals surface area contributed by atoms with Crippen LogP contribution in [0.25, 0.3) is 22.2 Å². The van der Waals surface area contributed by atoms with Gasteiger partial charge in [-0.05, 0) is 25.0 Å². The average Bonchev–Trinajstić information content (AvgIpc) is 3.06. The number of hydrogen-bond donors (Lipinski definition) is 1. The van der Waals surface area contributed by atoms with Crippen LogP contribution < -0.4 is 5.32 Å². The van der Waals surface area contributed by atoms with Crippen molar-refractivity contribution in [2.75, 3.05) is 12.4 Å². The monoisotopic (exact) mass is 330 g/mol. The summed E-state index contributed by atoms with van der Waals surface area (Å²) in [5.41, 5.74) is 4.86. The Morgan fingerprint density at radius 3 is 2.76 bits per heavy atom. The van der Waals surface area contributed by atoms with Crippen LogP contribution in [-0.2, 0) is 0 Å². The van der Waals surface area contributed by atoms with Crippen molar-refractivity contribution in [3.8, 4) is 17.2 Å². The van der Waals surface area contributed by atoms with Gasteiger partial charge in [-0.25, -0.2) is 4.98 Å². The number of nitrogens with zero attached hydrogens (tertiary/aromatic N) is 3. The second-order valence-corrected chi connectivity index (χ2v) is 6.74. The number of benzene rings is 1. The Morgan fingerprint density at radius 1 is 1.20 bits per heavy atom. The molecule has 1 saturated carbocycles. The van der Waals surface area contributed by atoms with Crippen molar-refractivity contribution in [2.24, 2.45) is 0 Å². The van der Waals surface area contributed by atoms with E-state index in [1.807, 2.05) is 31.6 Å². The topological polar surface area (TPSA) is 53.6 Å². The van der Waals surface area contributed by atoms with Gasteiger partial charge in [0.1, 0.15) is 11.7 Å². The van der Waals surface area contributed by atoms with Crippen LogP contribution in [0.5, 0.6) is 0 Å². The Bertz CT molecular complexity index is 942. The fourth-order valence-electron chi connectivity index (χ4n) is 3.96. The molecule has 1 fully saturated rings. The first kappa shape index (κ1) is 15.7. The van der Waals surface area contributed by atoms with E-state index in [4.69, 9.17) is 4.98 Å². The molecule has 0 bridgehead atoms. The van der Waals surface area contributed by atoms with Crippen molar-refractivity contribution < 1.29 is 0 Å². The largest absolute Gasteiger partial charge is 0.388 e. The second-order valence-electron chi connectivity index (χ2n) is 6.74. The summed E-state index contributed by atoms with van der Waals surface area (Å²) >= 11 is 0. The Balaban J connectivity index is 1.85. The Morgan fingerprint density at radius 2 is 2.00 bits per heavy atom. The Hall–Kier alpha value is -2.80. The molecule has 1 N–H and O–H groups in total. The van der Waals surface area contributed by atoms with Crippen LogP contribution in [0.2, 0.25) is 0 Å². The zero-order chi connectivity index (χ0) is 17.2. The fraction of sp³-hybridized carbons (Fsp3) is 0.333. The van der Waals surface area contributed by atoms with Gasteiger partial charge in [0.05, 0.1) is 5.56 Å². The molecule has 0 atom stereocenters. The molecule has 4 rings (SSSR count). The van der Waals surface area contributed by atoms with Crippen molar-refractivity contribution in [3.05, 3.63) is 48.3 Å². The maximum atomic E-state index is 9.61. The molecule has 0 radical (unpaired) electrons. The molecule has 0 unspecified atom stereocenters. The summed E-state index contributed by atoms with van der Waals surface area (Å²) in [6.45, 7) is 0. The molecule has 4 heteroatoms. The number of aromatic nitrogens is 2. The summed E-state index contributed by atoms with van der Waals surface area (Å²) < 4.78 is 2.24. The first-order valence-electron chi connectivity index (χ1n) is 8.99. The summed E-state index contributed by atoms with van der Waals surface area (Å²) in [6.07, 6.45) is 10.1. The Labute approximate surface area is 148 Å². The van der Waals surface area contributed by atoms with Crippen LogP contribution in [0.1, 0.15) is 43.7 Å². The highest BCUT2D eigenvalue weighted by molar-refractivity contribution is 5.89. The van der Waals surface area contributed by atoms with Crippen molar-refractivity contribution >= 4 is 16.7 Å². The predicted molar refractivity (Wildman–Crippen MR) is 102 cm³/mol. The minimum atomic E-state index is 0.473. The van der Waals surface area contributed by atoms with Gasteiger partial charge in [0.15, 0.2) is 0 Å². The van der Waals surface area contributed by atoms with Crippen molar-refractivity contribution in [3.63, 3.8) is 0 Å². The number of pyridine rings is 1. The maximum absolute atomic E-state index is 9.61. The highest BCUT2D eigenvalue weighted by Crippen LogP contribution is 2.35. The van der Waals surface area contributed by atoms with Crippen LogP contribution in [0.3, 0.4) is 0 Å². The van der Waals surface area contributed by atoms with Crippen LogP contribution in [0.15, 0.2) is 42.7 Å². The molecule has 126 valence electrons. The molecule has 25 heavy (non-hydrogen) atoms. The number of rotatable bonds is 3.